The van der Waals surface area contributed by atoms with Crippen molar-refractivity contribution in [3.8, 4) is 11.1 Å². The van der Waals surface area contributed by atoms with Crippen LogP contribution in [-0.4, -0.2) is 54.3 Å². The van der Waals surface area contributed by atoms with Crippen molar-refractivity contribution in [3.05, 3.63) is 93.4 Å². The number of nitrogens with zero attached hydrogens (tertiary/aromatic N) is 2. The molecule has 42 heavy (non-hydrogen) atoms. The van der Waals surface area contributed by atoms with E-state index in [4.69, 9.17) is 4.74 Å². The fourth-order valence-electron chi connectivity index (χ4n) is 5.66. The van der Waals surface area contributed by atoms with E-state index in [1.165, 1.54) is 17.7 Å². The molecule has 0 aliphatic carbocycles. The number of methoxy groups -OCH3 is 1. The van der Waals surface area contributed by atoms with Gasteiger partial charge in [-0.2, -0.15) is 0 Å². The maximum Gasteiger partial charge on any atom is 0.307 e. The third kappa shape index (κ3) is 7.73. The number of aromatic nitrogens is 1. The lowest BCUT2D eigenvalue weighted by Crippen LogP contribution is -2.49. The molecule has 0 spiro atoms. The summed E-state index contributed by atoms with van der Waals surface area (Å²) in [6.45, 7) is 9.70. The van der Waals surface area contributed by atoms with Gasteiger partial charge in [-0.05, 0) is 72.1 Å². The highest BCUT2D eigenvalue weighted by Gasteiger charge is 2.28. The molecule has 1 aliphatic heterocycles. The number of benzene rings is 2. The van der Waals surface area contributed by atoms with Crippen LogP contribution in [0.15, 0.2) is 65.6 Å². The standard InChI is InChI=1S/C34H42FN3O4/c1-22(2)16-30(38-19-25(12-13-31(38)39)14-15-37-20-28(35)21-37)34(41)36-29(18-32(40)42-5)26-10-7-11-27(17-26)33-23(3)8-6-9-24(33)4/h6-13,17,19,22,28-30H,14-16,18,20-21H2,1-5H3,(H,36,41)/t29-,30-/m0/s1. The molecule has 2 heterocycles. The second-order valence-electron chi connectivity index (χ2n) is 11.8. The van der Waals surface area contributed by atoms with Crippen LogP contribution < -0.4 is 10.9 Å². The zero-order valence-corrected chi connectivity index (χ0v) is 25.2. The summed E-state index contributed by atoms with van der Waals surface area (Å²) in [7, 11) is 1.33. The summed E-state index contributed by atoms with van der Waals surface area (Å²) >= 11 is 0. The molecule has 0 saturated carbocycles. The Hall–Kier alpha value is -3.78. The predicted molar refractivity (Wildman–Crippen MR) is 163 cm³/mol. The summed E-state index contributed by atoms with van der Waals surface area (Å²) in [5, 5.41) is 3.08. The fourth-order valence-corrected chi connectivity index (χ4v) is 5.66. The van der Waals surface area contributed by atoms with E-state index in [0.717, 1.165) is 33.4 Å². The highest BCUT2D eigenvalue weighted by molar-refractivity contribution is 5.82. The Morgan fingerprint density at radius 1 is 1.05 bits per heavy atom. The van der Waals surface area contributed by atoms with Gasteiger partial charge in [0.2, 0.25) is 5.91 Å². The Morgan fingerprint density at radius 2 is 1.74 bits per heavy atom. The maximum atomic E-state index is 13.9. The number of halogens is 1. The fraction of sp³-hybridized carbons (Fsp3) is 0.441. The summed E-state index contributed by atoms with van der Waals surface area (Å²) in [5.74, 6) is -0.651. The molecule has 7 nitrogen and oxygen atoms in total. The summed E-state index contributed by atoms with van der Waals surface area (Å²) in [5.41, 5.74) is 5.80. The molecular formula is C34H42FN3O4. The van der Waals surface area contributed by atoms with Crippen LogP contribution in [0, 0.1) is 19.8 Å². The monoisotopic (exact) mass is 575 g/mol. The third-order valence-corrected chi connectivity index (χ3v) is 7.94. The third-order valence-electron chi connectivity index (χ3n) is 7.94. The molecule has 1 saturated heterocycles. The molecule has 4 rings (SSSR count). The van der Waals surface area contributed by atoms with Gasteiger partial charge in [0.1, 0.15) is 12.2 Å². The molecule has 1 amide bonds. The van der Waals surface area contributed by atoms with E-state index in [0.29, 0.717) is 32.5 Å². The number of rotatable bonds is 12. The highest BCUT2D eigenvalue weighted by Crippen LogP contribution is 2.30. The minimum Gasteiger partial charge on any atom is -0.469 e. The highest BCUT2D eigenvalue weighted by atomic mass is 19.1. The number of pyridine rings is 1. The SMILES string of the molecule is COC(=O)C[C@H](NC(=O)[C@H](CC(C)C)n1cc(CCN2CC(F)C2)ccc1=O)c1cccc(-c2c(C)cccc2C)c1. The van der Waals surface area contributed by atoms with Crippen LogP contribution in [0.25, 0.3) is 11.1 Å². The largest absolute Gasteiger partial charge is 0.469 e. The van der Waals surface area contributed by atoms with Gasteiger partial charge in [-0.15, -0.1) is 0 Å². The Kier molecular flexibility index (Phi) is 10.3. The van der Waals surface area contributed by atoms with E-state index in [-0.39, 0.29) is 23.8 Å². The number of carbonyl (C=O) groups excluding carboxylic acids is 2. The molecule has 2 aromatic carbocycles. The van der Waals surface area contributed by atoms with E-state index in [1.807, 2.05) is 49.1 Å². The zero-order valence-electron chi connectivity index (χ0n) is 25.2. The number of amides is 1. The van der Waals surface area contributed by atoms with E-state index < -0.39 is 24.2 Å². The molecule has 224 valence electrons. The molecule has 1 aromatic heterocycles. The van der Waals surface area contributed by atoms with Crippen LogP contribution in [0.2, 0.25) is 0 Å². The van der Waals surface area contributed by atoms with Crippen molar-refractivity contribution < 1.29 is 18.7 Å². The van der Waals surface area contributed by atoms with Crippen molar-refractivity contribution in [2.24, 2.45) is 5.92 Å². The summed E-state index contributed by atoms with van der Waals surface area (Å²) in [4.78, 5) is 41.5. The number of ether oxygens (including phenoxy) is 1. The summed E-state index contributed by atoms with van der Waals surface area (Å²) < 4.78 is 19.7. The smallest absolute Gasteiger partial charge is 0.307 e. The van der Waals surface area contributed by atoms with Crippen LogP contribution in [0.5, 0.6) is 0 Å². The molecule has 1 aliphatic rings. The van der Waals surface area contributed by atoms with Gasteiger partial charge in [0, 0.05) is 31.9 Å². The first kappa shape index (κ1) is 31.2. The van der Waals surface area contributed by atoms with E-state index in [2.05, 4.69) is 31.3 Å². The molecule has 3 aromatic rings. The molecule has 0 bridgehead atoms. The van der Waals surface area contributed by atoms with Crippen LogP contribution in [0.1, 0.15) is 61.0 Å². The van der Waals surface area contributed by atoms with Gasteiger partial charge in [-0.3, -0.25) is 19.3 Å². The van der Waals surface area contributed by atoms with Crippen LogP contribution in [0.4, 0.5) is 4.39 Å². The number of likely N-dealkylation sites (tertiary alicyclic amines) is 1. The first-order valence-electron chi connectivity index (χ1n) is 14.7. The molecule has 0 radical (unpaired) electrons. The molecule has 0 unspecified atom stereocenters. The number of hydrogen-bond acceptors (Lipinski definition) is 5. The number of alkyl halides is 1. The Balaban J connectivity index is 1.63. The molecule has 8 heteroatoms. The first-order chi connectivity index (χ1) is 20.0. The van der Waals surface area contributed by atoms with E-state index in [1.54, 1.807) is 12.3 Å². The van der Waals surface area contributed by atoms with Gasteiger partial charge in [0.25, 0.3) is 5.56 Å². The second kappa shape index (κ2) is 13.9. The van der Waals surface area contributed by atoms with Gasteiger partial charge in [-0.1, -0.05) is 56.3 Å². The van der Waals surface area contributed by atoms with Crippen molar-refractivity contribution in [3.63, 3.8) is 0 Å². The lowest BCUT2D eigenvalue weighted by Gasteiger charge is -2.34. The summed E-state index contributed by atoms with van der Waals surface area (Å²) in [6.07, 6.45) is 2.03. The van der Waals surface area contributed by atoms with Crippen LogP contribution in [-0.2, 0) is 20.7 Å². The van der Waals surface area contributed by atoms with Crippen molar-refractivity contribution >= 4 is 11.9 Å². The molecule has 1 fully saturated rings. The zero-order chi connectivity index (χ0) is 30.4. The lowest BCUT2D eigenvalue weighted by molar-refractivity contribution is -0.141. The normalized spacial score (nSPS) is 15.2. The van der Waals surface area contributed by atoms with Gasteiger partial charge >= 0.3 is 5.97 Å². The van der Waals surface area contributed by atoms with Gasteiger partial charge in [0.15, 0.2) is 0 Å². The average Bonchev–Trinajstić information content (AvgIpc) is 2.93. The van der Waals surface area contributed by atoms with Crippen molar-refractivity contribution in [2.45, 2.75) is 65.2 Å². The number of esters is 1. The molecular weight excluding hydrogens is 533 g/mol. The van der Waals surface area contributed by atoms with Crippen LogP contribution >= 0.6 is 0 Å². The van der Waals surface area contributed by atoms with Crippen molar-refractivity contribution in [2.75, 3.05) is 26.7 Å². The molecule has 1 N–H and O–H groups in total. The van der Waals surface area contributed by atoms with Gasteiger partial charge in [0.05, 0.1) is 19.6 Å². The predicted octanol–water partition coefficient (Wildman–Crippen LogP) is 5.34. The Labute approximate surface area is 247 Å². The van der Waals surface area contributed by atoms with Crippen molar-refractivity contribution in [1.29, 1.82) is 0 Å². The number of hydrogen-bond donors (Lipinski definition) is 1. The number of aryl methyl sites for hydroxylation is 2. The van der Waals surface area contributed by atoms with Gasteiger partial charge < -0.3 is 14.6 Å². The molecule has 2 atom stereocenters. The quantitative estimate of drug-likeness (QED) is 0.295. The minimum atomic E-state index is -0.766. The number of carbonyl (C=O) groups is 2. The Bertz CT molecular complexity index is 1440. The van der Waals surface area contributed by atoms with E-state index in [9.17, 15) is 18.8 Å². The number of nitrogens with one attached hydrogen (secondary N) is 1. The maximum absolute atomic E-state index is 13.9. The minimum absolute atomic E-state index is 0.0484. The lowest BCUT2D eigenvalue weighted by atomic mass is 9.92. The van der Waals surface area contributed by atoms with Crippen molar-refractivity contribution in [1.82, 2.24) is 14.8 Å². The Morgan fingerprint density at radius 3 is 2.38 bits per heavy atom. The second-order valence-corrected chi connectivity index (χ2v) is 11.8. The topological polar surface area (TPSA) is 80.6 Å². The average molecular weight is 576 g/mol. The van der Waals surface area contributed by atoms with Gasteiger partial charge in [-0.25, -0.2) is 4.39 Å². The van der Waals surface area contributed by atoms with Crippen LogP contribution in [0.3, 0.4) is 0 Å². The first-order valence-corrected chi connectivity index (χ1v) is 14.7. The summed E-state index contributed by atoms with van der Waals surface area (Å²) in [6, 6.07) is 15.8. The van der Waals surface area contributed by atoms with E-state index >= 15 is 0 Å².